The SMILES string of the molecule is CCOc1ccccc1OCCCC(=O)NNC(=O)c1csc(N2CCOCC2)n1. The molecule has 3 rings (SSSR count). The maximum Gasteiger partial charge on any atom is 0.289 e. The Labute approximate surface area is 179 Å². The summed E-state index contributed by atoms with van der Waals surface area (Å²) in [5, 5.41) is 2.45. The highest BCUT2D eigenvalue weighted by atomic mass is 32.1. The van der Waals surface area contributed by atoms with Gasteiger partial charge in [-0.25, -0.2) is 4.98 Å². The van der Waals surface area contributed by atoms with Crippen molar-refractivity contribution in [2.24, 2.45) is 0 Å². The van der Waals surface area contributed by atoms with E-state index in [0.29, 0.717) is 44.3 Å². The van der Waals surface area contributed by atoms with Crippen molar-refractivity contribution in [1.29, 1.82) is 0 Å². The molecule has 0 bridgehead atoms. The third kappa shape index (κ3) is 6.33. The molecule has 1 aliphatic rings. The van der Waals surface area contributed by atoms with Crippen LogP contribution in [-0.4, -0.2) is 56.3 Å². The number of hydrogen-bond donors (Lipinski definition) is 2. The summed E-state index contributed by atoms with van der Waals surface area (Å²) in [6.07, 6.45) is 0.715. The number of benzene rings is 1. The van der Waals surface area contributed by atoms with Crippen LogP contribution in [0.5, 0.6) is 11.5 Å². The van der Waals surface area contributed by atoms with Crippen LogP contribution in [0, 0.1) is 0 Å². The van der Waals surface area contributed by atoms with Crippen molar-refractivity contribution >= 4 is 28.3 Å². The van der Waals surface area contributed by atoms with E-state index in [9.17, 15) is 9.59 Å². The molecule has 2 amide bonds. The zero-order chi connectivity index (χ0) is 21.2. The molecule has 2 N–H and O–H groups in total. The maximum absolute atomic E-state index is 12.2. The summed E-state index contributed by atoms with van der Waals surface area (Å²) < 4.78 is 16.5. The number of aromatic nitrogens is 1. The van der Waals surface area contributed by atoms with Gasteiger partial charge in [0.2, 0.25) is 5.91 Å². The number of morpholine rings is 1. The third-order valence-electron chi connectivity index (χ3n) is 4.28. The number of ether oxygens (including phenoxy) is 3. The monoisotopic (exact) mass is 434 g/mol. The average Bonchev–Trinajstić information content (AvgIpc) is 3.27. The summed E-state index contributed by atoms with van der Waals surface area (Å²) >= 11 is 1.40. The van der Waals surface area contributed by atoms with E-state index in [-0.39, 0.29) is 18.0 Å². The molecule has 1 saturated heterocycles. The van der Waals surface area contributed by atoms with Crippen LogP contribution >= 0.6 is 11.3 Å². The standard InChI is InChI=1S/C20H26N4O5S/c1-2-28-16-6-3-4-7-17(16)29-11-5-8-18(25)22-23-19(26)15-14-30-20(21-15)24-9-12-27-13-10-24/h3-4,6-7,14H,2,5,8-13H2,1H3,(H,22,25)(H,23,26). The normalized spacial score (nSPS) is 13.6. The van der Waals surface area contributed by atoms with Gasteiger partial charge in [-0.3, -0.25) is 20.4 Å². The Balaban J connectivity index is 1.35. The fraction of sp³-hybridized carbons (Fsp3) is 0.450. The lowest BCUT2D eigenvalue weighted by atomic mass is 10.3. The maximum atomic E-state index is 12.2. The Bertz CT molecular complexity index is 838. The molecule has 0 unspecified atom stereocenters. The molecular weight excluding hydrogens is 408 g/mol. The molecule has 9 nitrogen and oxygen atoms in total. The Morgan fingerprint density at radius 2 is 1.90 bits per heavy atom. The lowest BCUT2D eigenvalue weighted by Crippen LogP contribution is -2.42. The molecule has 0 aliphatic carbocycles. The molecule has 1 fully saturated rings. The van der Waals surface area contributed by atoms with Crippen LogP contribution in [0.3, 0.4) is 0 Å². The first-order chi connectivity index (χ1) is 14.7. The molecule has 162 valence electrons. The fourth-order valence-electron chi connectivity index (χ4n) is 2.78. The molecular formula is C20H26N4O5S. The molecule has 0 spiro atoms. The van der Waals surface area contributed by atoms with Crippen molar-refractivity contribution in [2.75, 3.05) is 44.4 Å². The van der Waals surface area contributed by atoms with Crippen molar-refractivity contribution in [2.45, 2.75) is 19.8 Å². The van der Waals surface area contributed by atoms with Crippen molar-refractivity contribution in [1.82, 2.24) is 15.8 Å². The van der Waals surface area contributed by atoms with E-state index in [2.05, 4.69) is 20.7 Å². The number of thiazole rings is 1. The van der Waals surface area contributed by atoms with E-state index in [1.54, 1.807) is 5.38 Å². The average molecular weight is 435 g/mol. The summed E-state index contributed by atoms with van der Waals surface area (Å²) in [6, 6.07) is 7.40. The Hall–Kier alpha value is -2.85. The first-order valence-electron chi connectivity index (χ1n) is 9.89. The van der Waals surface area contributed by atoms with Gasteiger partial charge in [0, 0.05) is 24.9 Å². The van der Waals surface area contributed by atoms with Crippen molar-refractivity contribution in [3.8, 4) is 11.5 Å². The van der Waals surface area contributed by atoms with Crippen LogP contribution in [0.2, 0.25) is 0 Å². The number of hydrazine groups is 1. The number of nitrogens with one attached hydrogen (secondary N) is 2. The van der Waals surface area contributed by atoms with Crippen molar-refractivity contribution < 1.29 is 23.8 Å². The van der Waals surface area contributed by atoms with E-state index < -0.39 is 5.91 Å². The van der Waals surface area contributed by atoms with E-state index in [1.165, 1.54) is 11.3 Å². The van der Waals surface area contributed by atoms with Crippen LogP contribution in [0.4, 0.5) is 5.13 Å². The number of carbonyl (C=O) groups excluding carboxylic acids is 2. The van der Waals surface area contributed by atoms with Gasteiger partial charge in [0.25, 0.3) is 5.91 Å². The van der Waals surface area contributed by atoms with E-state index in [4.69, 9.17) is 14.2 Å². The van der Waals surface area contributed by atoms with Gasteiger partial charge in [0.15, 0.2) is 16.6 Å². The van der Waals surface area contributed by atoms with Gasteiger partial charge >= 0.3 is 0 Å². The number of hydrogen-bond acceptors (Lipinski definition) is 8. The molecule has 0 radical (unpaired) electrons. The number of rotatable bonds is 9. The van der Waals surface area contributed by atoms with Crippen molar-refractivity contribution in [3.05, 3.63) is 35.3 Å². The number of carbonyl (C=O) groups is 2. The Kier molecular flexibility index (Phi) is 8.28. The highest BCUT2D eigenvalue weighted by Crippen LogP contribution is 2.26. The minimum Gasteiger partial charge on any atom is -0.490 e. The van der Waals surface area contributed by atoms with Gasteiger partial charge in [-0.1, -0.05) is 12.1 Å². The summed E-state index contributed by atoms with van der Waals surface area (Å²) in [5.74, 6) is 0.582. The minimum atomic E-state index is -0.444. The van der Waals surface area contributed by atoms with Gasteiger partial charge < -0.3 is 19.1 Å². The van der Waals surface area contributed by atoms with Gasteiger partial charge in [-0.05, 0) is 25.5 Å². The molecule has 2 heterocycles. The van der Waals surface area contributed by atoms with Crippen LogP contribution in [-0.2, 0) is 9.53 Å². The minimum absolute atomic E-state index is 0.215. The summed E-state index contributed by atoms with van der Waals surface area (Å²) in [4.78, 5) is 30.6. The van der Waals surface area contributed by atoms with Gasteiger partial charge in [0.05, 0.1) is 26.4 Å². The van der Waals surface area contributed by atoms with Gasteiger partial charge in [0.1, 0.15) is 5.69 Å². The topological polar surface area (TPSA) is 102 Å². The van der Waals surface area contributed by atoms with Gasteiger partial charge in [-0.15, -0.1) is 11.3 Å². The Morgan fingerprint density at radius 1 is 1.17 bits per heavy atom. The second-order valence-corrected chi connectivity index (χ2v) is 7.29. The van der Waals surface area contributed by atoms with Crippen LogP contribution in [0.15, 0.2) is 29.6 Å². The molecule has 0 atom stereocenters. The summed E-state index contributed by atoms with van der Waals surface area (Å²) in [5.41, 5.74) is 5.09. The quantitative estimate of drug-likeness (QED) is 0.460. The molecule has 2 aromatic rings. The highest BCUT2D eigenvalue weighted by molar-refractivity contribution is 7.13. The highest BCUT2D eigenvalue weighted by Gasteiger charge is 2.17. The smallest absolute Gasteiger partial charge is 0.289 e. The first-order valence-corrected chi connectivity index (χ1v) is 10.8. The lowest BCUT2D eigenvalue weighted by molar-refractivity contribution is -0.122. The van der Waals surface area contributed by atoms with E-state index in [1.807, 2.05) is 31.2 Å². The predicted molar refractivity (Wildman–Crippen MR) is 113 cm³/mol. The molecule has 0 saturated carbocycles. The van der Waals surface area contributed by atoms with Crippen LogP contribution in [0.1, 0.15) is 30.3 Å². The van der Waals surface area contributed by atoms with Gasteiger partial charge in [-0.2, -0.15) is 0 Å². The van der Waals surface area contributed by atoms with Crippen LogP contribution in [0.25, 0.3) is 0 Å². The zero-order valence-electron chi connectivity index (χ0n) is 16.9. The molecule has 1 aliphatic heterocycles. The van der Waals surface area contributed by atoms with Crippen molar-refractivity contribution in [3.63, 3.8) is 0 Å². The fourth-order valence-corrected chi connectivity index (χ4v) is 3.64. The van der Waals surface area contributed by atoms with Crippen LogP contribution < -0.4 is 25.2 Å². The summed E-state index contributed by atoms with van der Waals surface area (Å²) in [7, 11) is 0. The largest absolute Gasteiger partial charge is 0.490 e. The zero-order valence-corrected chi connectivity index (χ0v) is 17.7. The molecule has 1 aromatic carbocycles. The predicted octanol–water partition coefficient (Wildman–Crippen LogP) is 2.00. The molecule has 30 heavy (non-hydrogen) atoms. The number of para-hydroxylation sites is 2. The molecule has 1 aromatic heterocycles. The number of amides is 2. The third-order valence-corrected chi connectivity index (χ3v) is 5.18. The second kappa shape index (κ2) is 11.4. The summed E-state index contributed by atoms with van der Waals surface area (Å²) in [6.45, 7) is 5.63. The lowest BCUT2D eigenvalue weighted by Gasteiger charge is -2.25. The Morgan fingerprint density at radius 3 is 2.63 bits per heavy atom. The number of nitrogens with zero attached hydrogens (tertiary/aromatic N) is 2. The number of anilines is 1. The van der Waals surface area contributed by atoms with E-state index >= 15 is 0 Å². The first kappa shape index (κ1) is 21.8. The molecule has 10 heteroatoms. The second-order valence-electron chi connectivity index (χ2n) is 6.45. The van der Waals surface area contributed by atoms with E-state index in [0.717, 1.165) is 18.2 Å².